The van der Waals surface area contributed by atoms with E-state index in [0.29, 0.717) is 11.8 Å². The molecule has 0 amide bonds. The van der Waals surface area contributed by atoms with Crippen molar-refractivity contribution in [1.82, 2.24) is 15.1 Å². The van der Waals surface area contributed by atoms with Gasteiger partial charge >= 0.3 is 0 Å². The lowest BCUT2D eigenvalue weighted by Gasteiger charge is -2.29. The maximum absolute atomic E-state index is 5.47. The minimum absolute atomic E-state index is 0.652. The second kappa shape index (κ2) is 8.59. The van der Waals surface area contributed by atoms with Gasteiger partial charge in [0.2, 0.25) is 0 Å². The summed E-state index contributed by atoms with van der Waals surface area (Å²) in [6.07, 6.45) is 3.80. The summed E-state index contributed by atoms with van der Waals surface area (Å²) in [4.78, 5) is 9.58. The van der Waals surface area contributed by atoms with Crippen LogP contribution in [0, 0.1) is 11.8 Å². The van der Waals surface area contributed by atoms with Crippen molar-refractivity contribution in [3.8, 4) is 0 Å². The number of likely N-dealkylation sites (tertiary alicyclic amines) is 1. The summed E-state index contributed by atoms with van der Waals surface area (Å²) in [6.45, 7) is 9.28. The molecule has 2 rings (SSSR count). The van der Waals surface area contributed by atoms with Crippen molar-refractivity contribution in [1.29, 1.82) is 0 Å². The van der Waals surface area contributed by atoms with Crippen molar-refractivity contribution in [2.75, 3.05) is 60.0 Å². The van der Waals surface area contributed by atoms with E-state index in [1.54, 1.807) is 0 Å². The summed E-state index contributed by atoms with van der Waals surface area (Å²) in [5, 5.41) is 3.43. The van der Waals surface area contributed by atoms with Crippen LogP contribution in [-0.2, 0) is 4.74 Å². The van der Waals surface area contributed by atoms with E-state index in [1.807, 2.05) is 0 Å². The molecule has 2 heterocycles. The number of guanidine groups is 1. The Morgan fingerprint density at radius 2 is 2.24 bits per heavy atom. The van der Waals surface area contributed by atoms with Crippen LogP contribution in [0.4, 0.5) is 0 Å². The van der Waals surface area contributed by atoms with Gasteiger partial charge in [0.05, 0.1) is 6.61 Å². The van der Waals surface area contributed by atoms with Crippen molar-refractivity contribution >= 4 is 5.96 Å². The highest BCUT2D eigenvalue weighted by molar-refractivity contribution is 5.79. The second-order valence-corrected chi connectivity index (χ2v) is 6.58. The fourth-order valence-corrected chi connectivity index (χ4v) is 3.31. The molecule has 0 radical (unpaired) electrons. The Labute approximate surface area is 129 Å². The first-order valence-corrected chi connectivity index (χ1v) is 8.44. The first kappa shape index (κ1) is 16.6. The zero-order valence-electron chi connectivity index (χ0n) is 14.0. The van der Waals surface area contributed by atoms with Crippen LogP contribution < -0.4 is 5.32 Å². The summed E-state index contributed by atoms with van der Waals surface area (Å²) >= 11 is 0. The van der Waals surface area contributed by atoms with Crippen molar-refractivity contribution in [3.63, 3.8) is 0 Å². The van der Waals surface area contributed by atoms with E-state index in [0.717, 1.165) is 38.8 Å². The quantitative estimate of drug-likeness (QED) is 0.612. The van der Waals surface area contributed by atoms with Gasteiger partial charge in [-0.1, -0.05) is 0 Å². The van der Waals surface area contributed by atoms with Gasteiger partial charge < -0.3 is 19.9 Å². The monoisotopic (exact) mass is 296 g/mol. The zero-order chi connectivity index (χ0) is 15.1. The van der Waals surface area contributed by atoms with Gasteiger partial charge in [-0.15, -0.1) is 0 Å². The maximum Gasteiger partial charge on any atom is 0.193 e. The Kier molecular flexibility index (Phi) is 6.77. The number of ether oxygens (including phenoxy) is 1. The van der Waals surface area contributed by atoms with Crippen molar-refractivity contribution in [2.24, 2.45) is 16.8 Å². The molecule has 0 aromatic heterocycles. The van der Waals surface area contributed by atoms with Gasteiger partial charge in [0, 0.05) is 45.8 Å². The molecule has 2 saturated heterocycles. The molecule has 0 saturated carbocycles. The van der Waals surface area contributed by atoms with Gasteiger partial charge in [-0.2, -0.15) is 0 Å². The standard InChI is InChI=1S/C16H32N4O/c1-4-17-16(20(3)12-15-7-9-21-13-15)18-10-14-6-5-8-19(2)11-14/h14-15H,4-13H2,1-3H3,(H,17,18). The van der Waals surface area contributed by atoms with Crippen molar-refractivity contribution < 1.29 is 4.74 Å². The molecule has 1 N–H and O–H groups in total. The van der Waals surface area contributed by atoms with Gasteiger partial charge in [-0.3, -0.25) is 4.99 Å². The minimum Gasteiger partial charge on any atom is -0.381 e. The number of aliphatic imine (C=N–C) groups is 1. The summed E-state index contributed by atoms with van der Waals surface area (Å²) in [5.74, 6) is 2.41. The van der Waals surface area contributed by atoms with Crippen LogP contribution in [0.25, 0.3) is 0 Å². The van der Waals surface area contributed by atoms with Crippen LogP contribution in [0.2, 0.25) is 0 Å². The lowest BCUT2D eigenvalue weighted by Crippen LogP contribution is -2.42. The van der Waals surface area contributed by atoms with Crippen LogP contribution in [0.1, 0.15) is 26.2 Å². The molecule has 0 bridgehead atoms. The average molecular weight is 296 g/mol. The Morgan fingerprint density at radius 1 is 1.38 bits per heavy atom. The first-order valence-electron chi connectivity index (χ1n) is 8.44. The van der Waals surface area contributed by atoms with Gasteiger partial charge in [0.25, 0.3) is 0 Å². The third kappa shape index (κ3) is 5.47. The number of nitrogens with zero attached hydrogens (tertiary/aromatic N) is 3. The molecule has 122 valence electrons. The summed E-state index contributed by atoms with van der Waals surface area (Å²) in [5.41, 5.74) is 0. The van der Waals surface area contributed by atoms with Crippen LogP contribution in [0.3, 0.4) is 0 Å². The van der Waals surface area contributed by atoms with E-state index in [4.69, 9.17) is 9.73 Å². The number of rotatable bonds is 5. The Balaban J connectivity index is 1.84. The molecule has 5 nitrogen and oxygen atoms in total. The molecule has 0 aliphatic carbocycles. The van der Waals surface area contributed by atoms with E-state index >= 15 is 0 Å². The molecule has 0 aromatic carbocycles. The SMILES string of the molecule is CCNC(=NCC1CCCN(C)C1)N(C)CC1CCOC1. The molecule has 2 aliphatic heterocycles. The smallest absolute Gasteiger partial charge is 0.193 e. The summed E-state index contributed by atoms with van der Waals surface area (Å²) in [7, 11) is 4.36. The van der Waals surface area contributed by atoms with E-state index < -0.39 is 0 Å². The molecule has 2 fully saturated rings. The third-order valence-corrected chi connectivity index (χ3v) is 4.47. The number of piperidine rings is 1. The lowest BCUT2D eigenvalue weighted by molar-refractivity contribution is 0.181. The van der Waals surface area contributed by atoms with Crippen LogP contribution in [-0.4, -0.2) is 75.8 Å². The molecule has 21 heavy (non-hydrogen) atoms. The van der Waals surface area contributed by atoms with Crippen molar-refractivity contribution in [3.05, 3.63) is 0 Å². The molecule has 2 aliphatic rings. The Hall–Kier alpha value is -0.810. The molecule has 0 spiro atoms. The van der Waals surface area contributed by atoms with Crippen LogP contribution >= 0.6 is 0 Å². The second-order valence-electron chi connectivity index (χ2n) is 6.58. The number of nitrogens with one attached hydrogen (secondary N) is 1. The zero-order valence-corrected chi connectivity index (χ0v) is 14.0. The Morgan fingerprint density at radius 3 is 2.90 bits per heavy atom. The number of hydrogen-bond acceptors (Lipinski definition) is 3. The van der Waals surface area contributed by atoms with Gasteiger partial charge in [-0.05, 0) is 45.7 Å². The first-order chi connectivity index (χ1) is 10.2. The van der Waals surface area contributed by atoms with Crippen LogP contribution in [0.5, 0.6) is 0 Å². The highest BCUT2D eigenvalue weighted by Crippen LogP contribution is 2.16. The predicted octanol–water partition coefficient (Wildman–Crippen LogP) is 1.26. The summed E-state index contributed by atoms with van der Waals surface area (Å²) < 4.78 is 5.47. The molecule has 5 heteroatoms. The van der Waals surface area contributed by atoms with E-state index in [-0.39, 0.29) is 0 Å². The fourth-order valence-electron chi connectivity index (χ4n) is 3.31. The van der Waals surface area contributed by atoms with E-state index in [2.05, 4.69) is 36.1 Å². The van der Waals surface area contributed by atoms with Gasteiger partial charge in [0.15, 0.2) is 5.96 Å². The third-order valence-electron chi connectivity index (χ3n) is 4.47. The largest absolute Gasteiger partial charge is 0.381 e. The van der Waals surface area contributed by atoms with Gasteiger partial charge in [-0.25, -0.2) is 0 Å². The van der Waals surface area contributed by atoms with Crippen LogP contribution in [0.15, 0.2) is 4.99 Å². The van der Waals surface area contributed by atoms with Crippen molar-refractivity contribution in [2.45, 2.75) is 26.2 Å². The molecule has 0 aromatic rings. The topological polar surface area (TPSA) is 40.1 Å². The van der Waals surface area contributed by atoms with Gasteiger partial charge in [0.1, 0.15) is 0 Å². The highest BCUT2D eigenvalue weighted by Gasteiger charge is 2.20. The molecule has 2 atom stereocenters. The van der Waals surface area contributed by atoms with E-state index in [1.165, 1.54) is 32.4 Å². The summed E-state index contributed by atoms with van der Waals surface area (Å²) in [6, 6.07) is 0. The Bertz CT molecular complexity index is 328. The fraction of sp³-hybridized carbons (Fsp3) is 0.938. The molecule has 2 unspecified atom stereocenters. The molecular weight excluding hydrogens is 264 g/mol. The normalized spacial score (nSPS) is 27.9. The predicted molar refractivity (Wildman–Crippen MR) is 87.8 cm³/mol. The molecular formula is C16H32N4O. The highest BCUT2D eigenvalue weighted by atomic mass is 16.5. The minimum atomic E-state index is 0.652. The lowest BCUT2D eigenvalue weighted by atomic mass is 9.99. The maximum atomic E-state index is 5.47. The number of hydrogen-bond donors (Lipinski definition) is 1. The van der Waals surface area contributed by atoms with E-state index in [9.17, 15) is 0 Å². The average Bonchev–Trinajstić information content (AvgIpc) is 2.96.